The molecule has 0 atom stereocenters. The van der Waals surface area contributed by atoms with E-state index in [1.54, 1.807) is 0 Å². The normalized spacial score (nSPS) is 30.8. The Bertz CT molecular complexity index is 332. The molecule has 0 radical (unpaired) electrons. The van der Waals surface area contributed by atoms with Crippen LogP contribution in [0.3, 0.4) is 0 Å². The smallest absolute Gasteiger partial charge is 0.0575 e. The summed E-state index contributed by atoms with van der Waals surface area (Å²) in [7, 11) is 0. The highest BCUT2D eigenvalue weighted by atomic mass is 16.5. The molecule has 146 valence electrons. The minimum atomic E-state index is 0.584. The van der Waals surface area contributed by atoms with Crippen molar-refractivity contribution in [2.45, 2.75) is 116 Å². The molecule has 2 aliphatic carbocycles. The van der Waals surface area contributed by atoms with Crippen molar-refractivity contribution in [2.24, 2.45) is 17.8 Å². The molecule has 0 aromatic carbocycles. The third kappa shape index (κ3) is 8.76. The molecule has 0 aromatic heterocycles. The highest BCUT2D eigenvalue weighted by Gasteiger charge is 2.24. The molecule has 1 nitrogen and oxygen atoms in total. The van der Waals surface area contributed by atoms with Gasteiger partial charge in [0.2, 0.25) is 0 Å². The third-order valence-corrected chi connectivity index (χ3v) is 6.81. The second-order valence-corrected chi connectivity index (χ2v) is 8.83. The van der Waals surface area contributed by atoms with Crippen LogP contribution in [0.4, 0.5) is 0 Å². The Morgan fingerprint density at radius 2 is 1.32 bits per heavy atom. The van der Waals surface area contributed by atoms with E-state index < -0.39 is 0 Å². The number of allylic oxidation sites excluding steroid dienone is 2. The zero-order valence-electron chi connectivity index (χ0n) is 17.2. The zero-order chi connectivity index (χ0) is 17.7. The van der Waals surface area contributed by atoms with E-state index in [1.165, 1.54) is 96.3 Å². The van der Waals surface area contributed by atoms with Crippen molar-refractivity contribution in [3.63, 3.8) is 0 Å². The van der Waals surface area contributed by atoms with Gasteiger partial charge in [0, 0.05) is 6.61 Å². The molecule has 0 N–H and O–H groups in total. The Hall–Kier alpha value is -0.300. The molecule has 2 fully saturated rings. The molecular formula is C24H44O. The van der Waals surface area contributed by atoms with Crippen LogP contribution in [0.1, 0.15) is 110 Å². The van der Waals surface area contributed by atoms with Gasteiger partial charge in [0.25, 0.3) is 0 Å². The molecular weight excluding hydrogens is 304 g/mol. The summed E-state index contributed by atoms with van der Waals surface area (Å²) in [6.45, 7) is 5.37. The van der Waals surface area contributed by atoms with Crippen LogP contribution in [0, 0.1) is 17.8 Å². The van der Waals surface area contributed by atoms with E-state index >= 15 is 0 Å². The minimum Gasteiger partial charge on any atom is -0.378 e. The topological polar surface area (TPSA) is 9.23 Å². The lowest BCUT2D eigenvalue weighted by molar-refractivity contribution is 0.0150. The van der Waals surface area contributed by atoms with Crippen molar-refractivity contribution < 1.29 is 4.74 Å². The molecule has 0 bridgehead atoms. The van der Waals surface area contributed by atoms with Crippen molar-refractivity contribution in [3.05, 3.63) is 12.2 Å². The maximum atomic E-state index is 6.02. The number of hydrogen-bond donors (Lipinski definition) is 0. The van der Waals surface area contributed by atoms with Crippen molar-refractivity contribution in [3.8, 4) is 0 Å². The molecule has 0 unspecified atom stereocenters. The zero-order valence-corrected chi connectivity index (χ0v) is 17.2. The van der Waals surface area contributed by atoms with Gasteiger partial charge in [0.1, 0.15) is 0 Å². The Balaban J connectivity index is 1.49. The quantitative estimate of drug-likeness (QED) is 0.274. The average molecular weight is 349 g/mol. The fourth-order valence-corrected chi connectivity index (χ4v) is 4.95. The Labute approximate surface area is 158 Å². The molecule has 2 rings (SSSR count). The van der Waals surface area contributed by atoms with Gasteiger partial charge in [-0.05, 0) is 69.6 Å². The summed E-state index contributed by atoms with van der Waals surface area (Å²) in [6.07, 6.45) is 26.3. The minimum absolute atomic E-state index is 0.584. The van der Waals surface area contributed by atoms with Gasteiger partial charge in [-0.3, -0.25) is 0 Å². The van der Waals surface area contributed by atoms with Crippen LogP contribution in [-0.2, 0) is 4.74 Å². The van der Waals surface area contributed by atoms with E-state index in [-0.39, 0.29) is 0 Å². The molecule has 0 aliphatic heterocycles. The first-order valence-electron chi connectivity index (χ1n) is 11.5. The maximum Gasteiger partial charge on any atom is 0.0575 e. The molecule has 0 heterocycles. The largest absolute Gasteiger partial charge is 0.378 e. The Kier molecular flexibility index (Phi) is 10.9. The summed E-state index contributed by atoms with van der Waals surface area (Å²) in [4.78, 5) is 0. The fourth-order valence-electron chi connectivity index (χ4n) is 4.95. The highest BCUT2D eigenvalue weighted by Crippen LogP contribution is 2.37. The van der Waals surface area contributed by atoms with Crippen molar-refractivity contribution in [1.82, 2.24) is 0 Å². The van der Waals surface area contributed by atoms with Crippen LogP contribution in [0.25, 0.3) is 0 Å². The first-order chi connectivity index (χ1) is 12.3. The van der Waals surface area contributed by atoms with Crippen molar-refractivity contribution in [1.29, 1.82) is 0 Å². The molecule has 0 spiro atoms. The highest BCUT2D eigenvalue weighted by molar-refractivity contribution is 4.79. The third-order valence-electron chi connectivity index (χ3n) is 6.81. The van der Waals surface area contributed by atoms with Crippen LogP contribution in [0.2, 0.25) is 0 Å². The fraction of sp³-hybridized carbons (Fsp3) is 0.917. The monoisotopic (exact) mass is 348 g/mol. The molecule has 2 saturated carbocycles. The summed E-state index contributed by atoms with van der Waals surface area (Å²) in [5.74, 6) is 3.09. The van der Waals surface area contributed by atoms with Crippen LogP contribution in [0.5, 0.6) is 0 Å². The van der Waals surface area contributed by atoms with E-state index in [0.717, 1.165) is 24.4 Å². The second kappa shape index (κ2) is 13.0. The van der Waals surface area contributed by atoms with E-state index in [1.807, 2.05) is 0 Å². The van der Waals surface area contributed by atoms with E-state index in [4.69, 9.17) is 4.74 Å². The number of hydrogen-bond acceptors (Lipinski definition) is 1. The van der Waals surface area contributed by atoms with E-state index in [9.17, 15) is 0 Å². The first-order valence-corrected chi connectivity index (χ1v) is 11.5. The van der Waals surface area contributed by atoms with E-state index in [0.29, 0.717) is 6.10 Å². The lowest BCUT2D eigenvalue weighted by atomic mass is 9.76. The summed E-state index contributed by atoms with van der Waals surface area (Å²) < 4.78 is 6.02. The van der Waals surface area contributed by atoms with Gasteiger partial charge in [-0.25, -0.2) is 0 Å². The lowest BCUT2D eigenvalue weighted by Crippen LogP contribution is -2.23. The van der Waals surface area contributed by atoms with Crippen LogP contribution < -0.4 is 0 Å². The number of ether oxygens (including phenoxy) is 1. The predicted molar refractivity (Wildman–Crippen MR) is 110 cm³/mol. The van der Waals surface area contributed by atoms with Gasteiger partial charge in [-0.1, -0.05) is 70.4 Å². The summed E-state index contributed by atoms with van der Waals surface area (Å²) in [5, 5.41) is 0. The van der Waals surface area contributed by atoms with Crippen LogP contribution in [0.15, 0.2) is 12.2 Å². The molecule has 0 saturated heterocycles. The molecule has 2 aliphatic rings. The van der Waals surface area contributed by atoms with Gasteiger partial charge in [0.15, 0.2) is 0 Å². The summed E-state index contributed by atoms with van der Waals surface area (Å²) in [5.41, 5.74) is 0. The number of unbranched alkanes of at least 4 members (excludes halogenated alkanes) is 2. The SMILES string of the molecule is C/C=C\CCCC1CCC(CCC2CCC(OCCCC)CC2)CC1. The van der Waals surface area contributed by atoms with Gasteiger partial charge in [-0.15, -0.1) is 0 Å². The summed E-state index contributed by atoms with van der Waals surface area (Å²) >= 11 is 0. The predicted octanol–water partition coefficient (Wildman–Crippen LogP) is 7.69. The van der Waals surface area contributed by atoms with Gasteiger partial charge >= 0.3 is 0 Å². The van der Waals surface area contributed by atoms with Crippen molar-refractivity contribution in [2.75, 3.05) is 6.61 Å². The van der Waals surface area contributed by atoms with Gasteiger partial charge in [0.05, 0.1) is 6.10 Å². The first kappa shape index (κ1) is 21.0. The molecule has 1 heteroatoms. The molecule has 0 aromatic rings. The Morgan fingerprint density at radius 3 is 1.88 bits per heavy atom. The van der Waals surface area contributed by atoms with Gasteiger partial charge in [-0.2, -0.15) is 0 Å². The maximum absolute atomic E-state index is 6.02. The van der Waals surface area contributed by atoms with Gasteiger partial charge < -0.3 is 4.74 Å². The van der Waals surface area contributed by atoms with Crippen LogP contribution in [-0.4, -0.2) is 12.7 Å². The number of rotatable bonds is 11. The van der Waals surface area contributed by atoms with E-state index in [2.05, 4.69) is 26.0 Å². The average Bonchev–Trinajstić information content (AvgIpc) is 2.66. The Morgan fingerprint density at radius 1 is 0.760 bits per heavy atom. The summed E-state index contributed by atoms with van der Waals surface area (Å²) in [6, 6.07) is 0. The standard InChI is InChI=1S/C24H44O/c1-3-5-7-8-9-21-10-12-22(13-11-21)14-15-23-16-18-24(19-17-23)25-20-6-4-2/h3,5,21-24H,4,6-20H2,1-2H3/b5-3-. The second-order valence-electron chi connectivity index (χ2n) is 8.83. The lowest BCUT2D eigenvalue weighted by Gasteiger charge is -2.32. The van der Waals surface area contributed by atoms with Crippen LogP contribution >= 0.6 is 0 Å². The van der Waals surface area contributed by atoms with Crippen molar-refractivity contribution >= 4 is 0 Å². The molecule has 0 amide bonds. The molecule has 25 heavy (non-hydrogen) atoms.